The van der Waals surface area contributed by atoms with Crippen LogP contribution in [0.25, 0.3) is 0 Å². The number of hydrogen-bond acceptors (Lipinski definition) is 10. The van der Waals surface area contributed by atoms with Crippen LogP contribution in [-0.4, -0.2) is 95.3 Å². The molecule has 1 unspecified atom stereocenters. The van der Waals surface area contributed by atoms with Crippen molar-refractivity contribution in [2.45, 2.75) is 102 Å². The maximum Gasteiger partial charge on any atom is 1.00 e. The van der Waals surface area contributed by atoms with Gasteiger partial charge in [0.05, 0.1) is 6.04 Å². The third kappa shape index (κ3) is 12.8. The predicted octanol–water partition coefficient (Wildman–Crippen LogP) is -0.982. The average Bonchev–Trinajstić information content (AvgIpc) is 3.34. The van der Waals surface area contributed by atoms with Crippen molar-refractivity contribution in [3.05, 3.63) is 35.9 Å². The van der Waals surface area contributed by atoms with E-state index in [4.69, 9.17) is 9.47 Å². The number of carbonyl (C=O) groups excluding carboxylic acids is 4. The predicted molar refractivity (Wildman–Crippen MR) is 166 cm³/mol. The van der Waals surface area contributed by atoms with Gasteiger partial charge in [0.1, 0.15) is 27.4 Å². The number of amides is 4. The minimum Gasteiger partial charge on any atom is -0.746 e. The molecule has 0 aliphatic carbocycles. The fraction of sp³-hybridized carbons (Fsp3) is 0.677. The van der Waals surface area contributed by atoms with Crippen LogP contribution in [-0.2, 0) is 35.6 Å². The molecule has 2 saturated heterocycles. The zero-order chi connectivity index (χ0) is 34.3. The standard InChI is InChI=1S/C31H48N4O10S.Na/c1-20(2)17-23(26(37)33-24(27(38)46(41,42)43)18-22-11-14-32-25(22)36)34-28(39)44-31(19-21-9-7-6-8-10-21)12-15-35(16-13-31)29(40)45-30(3,4)5;/h6-10,20,22-24,27,38H,11-19H2,1-5H3,(H,32,36)(H,33,37)(H,34,39)(H,41,42,43);/q;+1/p-1/t22-,23-,24-,27?;/m0./s1. The van der Waals surface area contributed by atoms with Crippen LogP contribution in [0.2, 0.25) is 0 Å². The molecule has 4 atom stereocenters. The van der Waals surface area contributed by atoms with Gasteiger partial charge in [-0.05, 0) is 51.5 Å². The summed E-state index contributed by atoms with van der Waals surface area (Å²) < 4.78 is 46.6. The number of alkyl carbamates (subject to hydrolysis) is 1. The van der Waals surface area contributed by atoms with Gasteiger partial charge < -0.3 is 40.0 Å². The summed E-state index contributed by atoms with van der Waals surface area (Å²) in [6.07, 6.45) is -0.237. The summed E-state index contributed by atoms with van der Waals surface area (Å²) in [5.41, 5.74) is -3.28. The summed E-state index contributed by atoms with van der Waals surface area (Å²) in [6.45, 7) is 9.83. The van der Waals surface area contributed by atoms with Crippen LogP contribution in [0.15, 0.2) is 30.3 Å². The number of benzene rings is 1. The third-order valence-corrected chi connectivity index (χ3v) is 8.91. The molecule has 3 rings (SSSR count). The Morgan fingerprint density at radius 3 is 2.26 bits per heavy atom. The Kier molecular flexibility index (Phi) is 15.0. The topological polar surface area (TPSA) is 203 Å². The Bertz CT molecular complexity index is 1330. The van der Waals surface area contributed by atoms with E-state index in [1.54, 1.807) is 25.7 Å². The van der Waals surface area contributed by atoms with Crippen LogP contribution in [0, 0.1) is 11.8 Å². The molecule has 1 aromatic carbocycles. The number of aliphatic hydroxyl groups is 1. The first-order valence-electron chi connectivity index (χ1n) is 15.6. The molecule has 0 spiro atoms. The fourth-order valence-electron chi connectivity index (χ4n) is 5.68. The Morgan fingerprint density at radius 2 is 1.74 bits per heavy atom. The number of aliphatic hydroxyl groups excluding tert-OH is 1. The number of nitrogens with zero attached hydrogens (tertiary/aromatic N) is 1. The van der Waals surface area contributed by atoms with Gasteiger partial charge in [0.15, 0.2) is 5.44 Å². The van der Waals surface area contributed by atoms with Crippen LogP contribution in [0.5, 0.6) is 0 Å². The van der Waals surface area contributed by atoms with Gasteiger partial charge >= 0.3 is 41.7 Å². The summed E-state index contributed by atoms with van der Waals surface area (Å²) >= 11 is 0. The quantitative estimate of drug-likeness (QED) is 0.156. The van der Waals surface area contributed by atoms with Crippen LogP contribution in [0.3, 0.4) is 0 Å². The summed E-state index contributed by atoms with van der Waals surface area (Å²) in [4.78, 5) is 53.3. The van der Waals surface area contributed by atoms with Crippen molar-refractivity contribution in [1.29, 1.82) is 0 Å². The normalized spacial score (nSPS) is 19.9. The number of likely N-dealkylation sites (tertiary alicyclic amines) is 1. The molecular weight excluding hydrogens is 643 g/mol. The van der Waals surface area contributed by atoms with Crippen molar-refractivity contribution in [3.8, 4) is 0 Å². The minimum absolute atomic E-state index is 0. The number of carbonyl (C=O) groups is 4. The number of hydrogen-bond donors (Lipinski definition) is 4. The molecule has 2 aliphatic rings. The van der Waals surface area contributed by atoms with E-state index in [-0.39, 0.29) is 67.3 Å². The fourth-order valence-corrected chi connectivity index (χ4v) is 6.27. The van der Waals surface area contributed by atoms with E-state index in [1.807, 2.05) is 44.2 Å². The van der Waals surface area contributed by atoms with Gasteiger partial charge in [0, 0.05) is 44.8 Å². The first-order chi connectivity index (χ1) is 21.4. The maximum absolute atomic E-state index is 13.5. The van der Waals surface area contributed by atoms with Crippen molar-refractivity contribution < 1.29 is 76.3 Å². The smallest absolute Gasteiger partial charge is 0.746 e. The second-order valence-corrected chi connectivity index (χ2v) is 15.0. The molecular formula is C31H47N4NaO10S. The maximum atomic E-state index is 13.5. The van der Waals surface area contributed by atoms with E-state index in [1.165, 1.54) is 0 Å². The molecule has 4 amide bonds. The largest absolute Gasteiger partial charge is 1.00 e. The molecule has 47 heavy (non-hydrogen) atoms. The van der Waals surface area contributed by atoms with Gasteiger partial charge in [-0.3, -0.25) is 9.59 Å². The molecule has 0 saturated carbocycles. The Morgan fingerprint density at radius 1 is 1.13 bits per heavy atom. The first-order valence-corrected chi connectivity index (χ1v) is 17.1. The van der Waals surface area contributed by atoms with E-state index < -0.39 is 62.9 Å². The third-order valence-electron chi connectivity index (χ3n) is 7.99. The van der Waals surface area contributed by atoms with E-state index >= 15 is 0 Å². The molecule has 0 bridgehead atoms. The number of rotatable bonds is 12. The molecule has 4 N–H and O–H groups in total. The average molecular weight is 691 g/mol. The SMILES string of the molecule is CC(C)C[C@H](NC(=O)OC1(Cc2ccccc2)CCN(C(=O)OC(C)(C)C)CC1)C(=O)N[C@@H](C[C@@H]1CCNC1=O)C(O)S(=O)(=O)[O-].[Na+]. The van der Waals surface area contributed by atoms with Crippen LogP contribution in [0.4, 0.5) is 9.59 Å². The molecule has 258 valence electrons. The molecule has 0 aromatic heterocycles. The van der Waals surface area contributed by atoms with Crippen LogP contribution in [0.1, 0.15) is 72.3 Å². The number of nitrogens with one attached hydrogen (secondary N) is 3. The number of ether oxygens (including phenoxy) is 2. The number of piperidine rings is 1. The zero-order valence-electron chi connectivity index (χ0n) is 28.1. The van der Waals surface area contributed by atoms with E-state index in [2.05, 4.69) is 16.0 Å². The summed E-state index contributed by atoms with van der Waals surface area (Å²) in [5, 5.41) is 17.9. The molecule has 2 aliphatic heterocycles. The van der Waals surface area contributed by atoms with Gasteiger partial charge in [0.2, 0.25) is 11.8 Å². The van der Waals surface area contributed by atoms with E-state index in [0.29, 0.717) is 32.2 Å². The van der Waals surface area contributed by atoms with Gasteiger partial charge in [-0.1, -0.05) is 44.2 Å². The van der Waals surface area contributed by atoms with E-state index in [9.17, 15) is 37.3 Å². The van der Waals surface area contributed by atoms with Crippen molar-refractivity contribution in [2.24, 2.45) is 11.8 Å². The second-order valence-electron chi connectivity index (χ2n) is 13.5. The van der Waals surface area contributed by atoms with Crippen molar-refractivity contribution in [2.75, 3.05) is 19.6 Å². The van der Waals surface area contributed by atoms with Crippen molar-refractivity contribution >= 4 is 34.1 Å². The Hall–Kier alpha value is -2.43. The molecule has 2 fully saturated rings. The van der Waals surface area contributed by atoms with Crippen LogP contribution >= 0.6 is 0 Å². The second kappa shape index (κ2) is 17.3. The molecule has 0 radical (unpaired) electrons. The van der Waals surface area contributed by atoms with Gasteiger partial charge in [-0.15, -0.1) is 0 Å². The van der Waals surface area contributed by atoms with Crippen LogP contribution < -0.4 is 45.5 Å². The molecule has 1 aromatic rings. The van der Waals surface area contributed by atoms with Crippen molar-refractivity contribution in [3.63, 3.8) is 0 Å². The van der Waals surface area contributed by atoms with Gasteiger partial charge in [0.25, 0.3) is 0 Å². The Balaban J connectivity index is 0.00000768. The van der Waals surface area contributed by atoms with E-state index in [0.717, 1.165) is 5.56 Å². The summed E-state index contributed by atoms with van der Waals surface area (Å²) in [6, 6.07) is 6.60. The summed E-state index contributed by atoms with van der Waals surface area (Å²) in [7, 11) is -5.25. The Labute approximate surface area is 299 Å². The molecule has 14 nitrogen and oxygen atoms in total. The molecule has 2 heterocycles. The zero-order valence-corrected chi connectivity index (χ0v) is 30.9. The minimum atomic E-state index is -5.25. The summed E-state index contributed by atoms with van der Waals surface area (Å²) in [5.74, 6) is -2.04. The van der Waals surface area contributed by atoms with Gasteiger partial charge in [-0.25, -0.2) is 18.0 Å². The monoisotopic (exact) mass is 690 g/mol. The van der Waals surface area contributed by atoms with Crippen molar-refractivity contribution in [1.82, 2.24) is 20.9 Å². The van der Waals surface area contributed by atoms with Gasteiger partial charge in [-0.2, -0.15) is 0 Å². The first kappa shape index (κ1) is 40.7. The molecule has 16 heteroatoms.